The smallest absolute Gasteiger partial charge is 0.344 e. The van der Waals surface area contributed by atoms with Crippen LogP contribution in [0.2, 0.25) is 0 Å². The van der Waals surface area contributed by atoms with E-state index in [9.17, 15) is 27.6 Å². The molecular weight excluding hydrogens is 423 g/mol. The highest BCUT2D eigenvalue weighted by atomic mass is 19.4. The second-order valence-electron chi connectivity index (χ2n) is 7.47. The minimum absolute atomic E-state index is 0.150. The summed E-state index contributed by atoms with van der Waals surface area (Å²) in [5.41, 5.74) is -0.359. The number of alkyl halides is 3. The van der Waals surface area contributed by atoms with Crippen LogP contribution in [0.4, 0.5) is 18.0 Å². The van der Waals surface area contributed by atoms with Gasteiger partial charge >= 0.3 is 12.2 Å². The Morgan fingerprint density at radius 1 is 1.16 bits per heavy atom. The molecule has 0 radical (unpaired) electrons. The van der Waals surface area contributed by atoms with E-state index >= 15 is 0 Å². The maximum Gasteiger partial charge on any atom is 0.416 e. The minimum atomic E-state index is -4.47. The second kappa shape index (κ2) is 8.75. The summed E-state index contributed by atoms with van der Waals surface area (Å²) < 4.78 is 38.2. The Bertz CT molecular complexity index is 1120. The van der Waals surface area contributed by atoms with Gasteiger partial charge in [0.05, 0.1) is 12.1 Å². The molecule has 166 valence electrons. The number of carbonyl (C=O) groups is 3. The molecule has 3 rings (SSSR count). The molecule has 0 bridgehead atoms. The lowest BCUT2D eigenvalue weighted by Crippen LogP contribution is -2.43. The normalized spacial score (nSPS) is 18.1. The van der Waals surface area contributed by atoms with Crippen molar-refractivity contribution in [2.75, 3.05) is 13.1 Å². The number of carbonyl (C=O) groups excluding carboxylic acids is 3. The van der Waals surface area contributed by atoms with Crippen molar-refractivity contribution in [1.29, 1.82) is 0 Å². The van der Waals surface area contributed by atoms with Gasteiger partial charge in [-0.1, -0.05) is 47.7 Å². The molecule has 0 aromatic heterocycles. The van der Waals surface area contributed by atoms with Gasteiger partial charge in [-0.25, -0.2) is 4.79 Å². The first-order valence-electron chi connectivity index (χ1n) is 9.65. The molecule has 2 N–H and O–H groups in total. The zero-order valence-corrected chi connectivity index (χ0v) is 17.3. The molecule has 9 heteroatoms. The van der Waals surface area contributed by atoms with Crippen LogP contribution in [0.25, 0.3) is 0 Å². The fourth-order valence-corrected chi connectivity index (χ4v) is 3.18. The first-order valence-corrected chi connectivity index (χ1v) is 9.65. The average Bonchev–Trinajstić information content (AvgIpc) is 2.95. The predicted molar refractivity (Wildman–Crippen MR) is 110 cm³/mol. The van der Waals surface area contributed by atoms with Gasteiger partial charge in [0.2, 0.25) is 5.91 Å². The van der Waals surface area contributed by atoms with Crippen LogP contribution in [-0.4, -0.2) is 35.8 Å². The standard InChI is InChI=1S/C23H20F3N3O3/c1-15-8-10-17(11-9-15)22(2)20(31)29(21(32)28-22)14-19(30)27-12-4-6-16-5-3-7-18(13-16)23(24,25)26/h3,5,7-11,13H,12,14H2,1-2H3,(H,27,30)(H,28,32). The summed E-state index contributed by atoms with van der Waals surface area (Å²) in [4.78, 5) is 38.1. The van der Waals surface area contributed by atoms with Gasteiger partial charge in [-0.05, 0) is 37.6 Å². The van der Waals surface area contributed by atoms with E-state index in [0.29, 0.717) is 5.56 Å². The first kappa shape index (κ1) is 22.9. The maximum absolute atomic E-state index is 12.8. The summed E-state index contributed by atoms with van der Waals surface area (Å²) >= 11 is 0. The third-order valence-corrected chi connectivity index (χ3v) is 5.00. The molecule has 4 amide bonds. The van der Waals surface area contributed by atoms with Crippen LogP contribution in [0.1, 0.15) is 29.2 Å². The monoisotopic (exact) mass is 443 g/mol. The van der Waals surface area contributed by atoms with Gasteiger partial charge in [-0.3, -0.25) is 14.5 Å². The molecule has 1 saturated heterocycles. The Morgan fingerprint density at radius 3 is 2.50 bits per heavy atom. The third kappa shape index (κ3) is 4.91. The number of urea groups is 1. The molecule has 1 aliphatic heterocycles. The third-order valence-electron chi connectivity index (χ3n) is 5.00. The summed E-state index contributed by atoms with van der Waals surface area (Å²) in [6.07, 6.45) is -4.47. The number of amides is 4. The number of hydrogen-bond donors (Lipinski definition) is 2. The molecular formula is C23H20F3N3O3. The van der Waals surface area contributed by atoms with Crippen molar-refractivity contribution in [3.05, 3.63) is 70.8 Å². The van der Waals surface area contributed by atoms with Gasteiger partial charge in [0.25, 0.3) is 5.91 Å². The number of rotatable bonds is 4. The van der Waals surface area contributed by atoms with E-state index < -0.39 is 41.7 Å². The number of nitrogens with zero attached hydrogens (tertiary/aromatic N) is 1. The summed E-state index contributed by atoms with van der Waals surface area (Å²) in [6.45, 7) is 2.80. The highest BCUT2D eigenvalue weighted by Gasteiger charge is 2.49. The van der Waals surface area contributed by atoms with E-state index in [1.54, 1.807) is 19.1 Å². The van der Waals surface area contributed by atoms with Gasteiger partial charge in [0.1, 0.15) is 12.1 Å². The van der Waals surface area contributed by atoms with E-state index in [-0.39, 0.29) is 12.1 Å². The van der Waals surface area contributed by atoms with Crippen LogP contribution in [0.5, 0.6) is 0 Å². The molecule has 6 nitrogen and oxygen atoms in total. The maximum atomic E-state index is 12.8. The van der Waals surface area contributed by atoms with Crippen LogP contribution in [0.15, 0.2) is 48.5 Å². The predicted octanol–water partition coefficient (Wildman–Crippen LogP) is 2.95. The van der Waals surface area contributed by atoms with E-state index in [4.69, 9.17) is 0 Å². The molecule has 32 heavy (non-hydrogen) atoms. The topological polar surface area (TPSA) is 78.5 Å². The largest absolute Gasteiger partial charge is 0.416 e. The Balaban J connectivity index is 1.59. The fourth-order valence-electron chi connectivity index (χ4n) is 3.18. The molecule has 1 aliphatic rings. The molecule has 0 saturated carbocycles. The number of benzene rings is 2. The van der Waals surface area contributed by atoms with E-state index in [1.807, 2.05) is 19.1 Å². The van der Waals surface area contributed by atoms with Crippen LogP contribution in [-0.2, 0) is 21.3 Å². The number of halogens is 3. The Morgan fingerprint density at radius 2 is 1.84 bits per heavy atom. The molecule has 1 atom stereocenters. The summed E-state index contributed by atoms with van der Waals surface area (Å²) in [6, 6.07) is 10.9. The minimum Gasteiger partial charge on any atom is -0.344 e. The average molecular weight is 443 g/mol. The molecule has 1 unspecified atom stereocenters. The quantitative estimate of drug-likeness (QED) is 0.564. The highest BCUT2D eigenvalue weighted by Crippen LogP contribution is 2.30. The lowest BCUT2D eigenvalue weighted by atomic mass is 9.91. The SMILES string of the molecule is Cc1ccc(C2(C)NC(=O)N(CC(=O)NCC#Cc3cccc(C(F)(F)F)c3)C2=O)cc1. The summed E-state index contributed by atoms with van der Waals surface area (Å²) in [5, 5.41) is 5.05. The fraction of sp³-hybridized carbons (Fsp3) is 0.261. The summed E-state index contributed by atoms with van der Waals surface area (Å²) in [5.74, 6) is 3.91. The van der Waals surface area contributed by atoms with Crippen LogP contribution in [0, 0.1) is 18.8 Å². The number of aryl methyl sites for hydroxylation is 1. The van der Waals surface area contributed by atoms with Crippen molar-refractivity contribution in [2.45, 2.75) is 25.6 Å². The van der Waals surface area contributed by atoms with Crippen molar-refractivity contribution < 1.29 is 27.6 Å². The number of nitrogens with one attached hydrogen (secondary N) is 2. The van der Waals surface area contributed by atoms with E-state index in [0.717, 1.165) is 22.6 Å². The zero-order valence-electron chi connectivity index (χ0n) is 17.3. The Hall–Kier alpha value is -3.80. The summed E-state index contributed by atoms with van der Waals surface area (Å²) in [7, 11) is 0. The van der Waals surface area contributed by atoms with E-state index in [1.165, 1.54) is 12.1 Å². The van der Waals surface area contributed by atoms with Gasteiger partial charge < -0.3 is 10.6 Å². The lowest BCUT2D eigenvalue weighted by Gasteiger charge is -2.22. The zero-order chi connectivity index (χ0) is 23.5. The molecule has 0 aliphatic carbocycles. The lowest BCUT2D eigenvalue weighted by molar-refractivity contribution is -0.137. The van der Waals surface area contributed by atoms with E-state index in [2.05, 4.69) is 22.5 Å². The van der Waals surface area contributed by atoms with Crippen molar-refractivity contribution in [2.24, 2.45) is 0 Å². The van der Waals surface area contributed by atoms with Crippen LogP contribution >= 0.6 is 0 Å². The van der Waals surface area contributed by atoms with Crippen molar-refractivity contribution in [1.82, 2.24) is 15.5 Å². The van der Waals surface area contributed by atoms with Crippen molar-refractivity contribution >= 4 is 17.8 Å². The highest BCUT2D eigenvalue weighted by molar-refractivity contribution is 6.09. The first-order chi connectivity index (χ1) is 15.0. The van der Waals surface area contributed by atoms with Crippen LogP contribution in [0.3, 0.4) is 0 Å². The number of imide groups is 1. The number of hydrogen-bond acceptors (Lipinski definition) is 3. The van der Waals surface area contributed by atoms with Gasteiger partial charge in [0.15, 0.2) is 0 Å². The van der Waals surface area contributed by atoms with Gasteiger partial charge in [-0.2, -0.15) is 13.2 Å². The second-order valence-corrected chi connectivity index (χ2v) is 7.47. The molecule has 1 fully saturated rings. The molecule has 2 aromatic rings. The molecule has 2 aromatic carbocycles. The Labute approximate surface area is 182 Å². The van der Waals surface area contributed by atoms with Crippen LogP contribution < -0.4 is 10.6 Å². The van der Waals surface area contributed by atoms with Gasteiger partial charge in [0, 0.05) is 5.56 Å². The molecule has 1 heterocycles. The van der Waals surface area contributed by atoms with Crippen molar-refractivity contribution in [3.8, 4) is 11.8 Å². The molecule has 0 spiro atoms. The van der Waals surface area contributed by atoms with Crippen molar-refractivity contribution in [3.63, 3.8) is 0 Å². The van der Waals surface area contributed by atoms with Gasteiger partial charge in [-0.15, -0.1) is 0 Å². The Kier molecular flexibility index (Phi) is 6.25.